The molecule has 1 rings (SSSR count). The van der Waals surface area contributed by atoms with E-state index in [1.54, 1.807) is 0 Å². The lowest BCUT2D eigenvalue weighted by atomic mass is 10.1. The van der Waals surface area contributed by atoms with Gasteiger partial charge in [-0.2, -0.15) is 0 Å². The summed E-state index contributed by atoms with van der Waals surface area (Å²) in [5.74, 6) is 0.274. The Morgan fingerprint density at radius 2 is 2.44 bits per heavy atom. The number of nitrogens with zero attached hydrogens (tertiary/aromatic N) is 2. The van der Waals surface area contributed by atoms with Crippen molar-refractivity contribution in [2.24, 2.45) is 10.9 Å². The number of ether oxygens (including phenoxy) is 1. The summed E-state index contributed by atoms with van der Waals surface area (Å²) in [5.41, 5.74) is 5.61. The molecule has 5 heteroatoms. The van der Waals surface area contributed by atoms with Crippen LogP contribution in [0.5, 0.6) is 0 Å². The van der Waals surface area contributed by atoms with E-state index in [9.17, 15) is 0 Å². The Hall–Kier alpha value is -0.810. The number of likely N-dealkylation sites (tertiary alicyclic amines) is 1. The van der Waals surface area contributed by atoms with Crippen molar-refractivity contribution in [3.8, 4) is 0 Å². The summed E-state index contributed by atoms with van der Waals surface area (Å²) in [6, 6.07) is -0.0157. The molecule has 2 atom stereocenters. The van der Waals surface area contributed by atoms with Crippen molar-refractivity contribution in [1.82, 2.24) is 4.90 Å². The molecule has 1 fully saturated rings. The summed E-state index contributed by atoms with van der Waals surface area (Å²) in [7, 11) is 0. The first-order valence-electron chi connectivity index (χ1n) is 6.02. The maximum atomic E-state index is 8.65. The van der Waals surface area contributed by atoms with Crippen LogP contribution in [-0.2, 0) is 4.74 Å². The molecule has 1 saturated heterocycles. The summed E-state index contributed by atoms with van der Waals surface area (Å²) in [6.45, 7) is 6.74. The van der Waals surface area contributed by atoms with E-state index in [-0.39, 0.29) is 11.9 Å². The van der Waals surface area contributed by atoms with Crippen molar-refractivity contribution in [2.75, 3.05) is 19.7 Å². The van der Waals surface area contributed by atoms with Gasteiger partial charge in [0.25, 0.3) is 0 Å². The highest BCUT2D eigenvalue weighted by Crippen LogP contribution is 2.15. The highest BCUT2D eigenvalue weighted by atomic mass is 16.5. The third-order valence-corrected chi connectivity index (χ3v) is 3.06. The molecule has 0 bridgehead atoms. The van der Waals surface area contributed by atoms with E-state index in [4.69, 9.17) is 15.7 Å². The Morgan fingerprint density at radius 1 is 1.69 bits per heavy atom. The van der Waals surface area contributed by atoms with Crippen LogP contribution in [0.4, 0.5) is 0 Å². The molecular formula is C11H23N3O2. The minimum absolute atomic E-state index is 0.0157. The van der Waals surface area contributed by atoms with E-state index < -0.39 is 0 Å². The van der Waals surface area contributed by atoms with Gasteiger partial charge < -0.3 is 15.7 Å². The Bertz CT molecular complexity index is 233. The average Bonchev–Trinajstić information content (AvgIpc) is 2.34. The highest BCUT2D eigenvalue weighted by Gasteiger charge is 2.25. The van der Waals surface area contributed by atoms with Gasteiger partial charge in [0.2, 0.25) is 0 Å². The number of amidine groups is 1. The zero-order chi connectivity index (χ0) is 12.0. The Balaban J connectivity index is 2.43. The second-order valence-corrected chi connectivity index (χ2v) is 4.33. The van der Waals surface area contributed by atoms with Crippen LogP contribution in [0.15, 0.2) is 5.16 Å². The smallest absolute Gasteiger partial charge is 0.156 e. The molecule has 0 aromatic heterocycles. The van der Waals surface area contributed by atoms with E-state index >= 15 is 0 Å². The van der Waals surface area contributed by atoms with Gasteiger partial charge in [0.05, 0.1) is 12.1 Å². The van der Waals surface area contributed by atoms with Crippen molar-refractivity contribution in [2.45, 2.75) is 45.3 Å². The normalized spacial score (nSPS) is 25.6. The summed E-state index contributed by atoms with van der Waals surface area (Å²) >= 11 is 0. The largest absolute Gasteiger partial charge is 0.409 e. The zero-order valence-electron chi connectivity index (χ0n) is 10.2. The molecule has 0 radical (unpaired) electrons. The minimum atomic E-state index is -0.0157. The predicted molar refractivity (Wildman–Crippen MR) is 63.7 cm³/mol. The first-order chi connectivity index (χ1) is 7.69. The molecule has 0 spiro atoms. The first-order valence-corrected chi connectivity index (χ1v) is 6.02. The van der Waals surface area contributed by atoms with Gasteiger partial charge in [-0.25, -0.2) is 0 Å². The van der Waals surface area contributed by atoms with Crippen molar-refractivity contribution >= 4 is 5.84 Å². The van der Waals surface area contributed by atoms with E-state index in [0.29, 0.717) is 6.10 Å². The predicted octanol–water partition coefficient (Wildman–Crippen LogP) is 1.01. The fraction of sp³-hybridized carbons (Fsp3) is 0.909. The molecular weight excluding hydrogens is 206 g/mol. The summed E-state index contributed by atoms with van der Waals surface area (Å²) in [5, 5.41) is 11.7. The van der Waals surface area contributed by atoms with Crippen molar-refractivity contribution in [3.63, 3.8) is 0 Å². The lowest BCUT2D eigenvalue weighted by Gasteiger charge is -2.35. The quantitative estimate of drug-likeness (QED) is 0.319. The van der Waals surface area contributed by atoms with Gasteiger partial charge in [-0.05, 0) is 32.7 Å². The molecule has 1 aliphatic heterocycles. The van der Waals surface area contributed by atoms with Crippen LogP contribution in [0.1, 0.15) is 33.1 Å². The van der Waals surface area contributed by atoms with Crippen molar-refractivity contribution < 1.29 is 9.94 Å². The van der Waals surface area contributed by atoms with E-state index in [1.807, 2.05) is 6.92 Å². The number of piperidine rings is 1. The summed E-state index contributed by atoms with van der Waals surface area (Å²) < 4.78 is 5.74. The fourth-order valence-corrected chi connectivity index (χ4v) is 2.01. The van der Waals surface area contributed by atoms with Crippen LogP contribution in [-0.4, -0.2) is 47.8 Å². The second-order valence-electron chi connectivity index (χ2n) is 4.33. The maximum Gasteiger partial charge on any atom is 0.156 e. The Kier molecular flexibility index (Phi) is 5.55. The summed E-state index contributed by atoms with van der Waals surface area (Å²) in [6.07, 6.45) is 3.56. The molecule has 94 valence electrons. The van der Waals surface area contributed by atoms with Crippen LogP contribution < -0.4 is 5.73 Å². The van der Waals surface area contributed by atoms with Gasteiger partial charge in [-0.1, -0.05) is 12.1 Å². The van der Waals surface area contributed by atoms with E-state index in [2.05, 4.69) is 17.0 Å². The van der Waals surface area contributed by atoms with Crippen molar-refractivity contribution in [1.29, 1.82) is 0 Å². The number of nitrogens with two attached hydrogens (primary N) is 1. The molecule has 0 amide bonds. The Labute approximate surface area is 97.2 Å². The van der Waals surface area contributed by atoms with E-state index in [1.165, 1.54) is 0 Å². The molecule has 0 aromatic carbocycles. The molecule has 1 heterocycles. The third kappa shape index (κ3) is 3.64. The van der Waals surface area contributed by atoms with Crippen LogP contribution in [0.3, 0.4) is 0 Å². The SMILES string of the molecule is CCCOC1CCCN(C(C)C(N)=NO)C1. The number of hydrogen-bond donors (Lipinski definition) is 2. The summed E-state index contributed by atoms with van der Waals surface area (Å²) in [4.78, 5) is 2.21. The van der Waals surface area contributed by atoms with Gasteiger partial charge in [-0.3, -0.25) is 4.90 Å². The van der Waals surface area contributed by atoms with Crippen LogP contribution in [0, 0.1) is 0 Å². The first kappa shape index (κ1) is 13.3. The number of hydrogen-bond acceptors (Lipinski definition) is 4. The minimum Gasteiger partial charge on any atom is -0.409 e. The van der Waals surface area contributed by atoms with Gasteiger partial charge in [0.1, 0.15) is 0 Å². The second kappa shape index (κ2) is 6.70. The van der Waals surface area contributed by atoms with Crippen LogP contribution in [0.2, 0.25) is 0 Å². The molecule has 2 unspecified atom stereocenters. The van der Waals surface area contributed by atoms with Gasteiger partial charge in [-0.15, -0.1) is 0 Å². The molecule has 0 saturated carbocycles. The molecule has 3 N–H and O–H groups in total. The zero-order valence-corrected chi connectivity index (χ0v) is 10.2. The third-order valence-electron chi connectivity index (χ3n) is 3.06. The van der Waals surface area contributed by atoms with Crippen LogP contribution >= 0.6 is 0 Å². The maximum absolute atomic E-state index is 8.65. The standard InChI is InChI=1S/C11H23N3O2/c1-3-7-16-10-5-4-6-14(8-10)9(2)11(12)13-15/h9-10,15H,3-8H2,1-2H3,(H2,12,13). The molecule has 5 nitrogen and oxygen atoms in total. The monoisotopic (exact) mass is 229 g/mol. The van der Waals surface area contributed by atoms with Gasteiger partial charge in [0, 0.05) is 13.2 Å². The number of oxime groups is 1. The van der Waals surface area contributed by atoms with Crippen LogP contribution in [0.25, 0.3) is 0 Å². The lowest BCUT2D eigenvalue weighted by molar-refractivity contribution is -0.00391. The van der Waals surface area contributed by atoms with Gasteiger partial charge in [0.15, 0.2) is 5.84 Å². The van der Waals surface area contributed by atoms with E-state index in [0.717, 1.165) is 39.0 Å². The topological polar surface area (TPSA) is 71.1 Å². The molecule has 1 aliphatic rings. The number of rotatable bonds is 5. The average molecular weight is 229 g/mol. The van der Waals surface area contributed by atoms with Crippen molar-refractivity contribution in [3.05, 3.63) is 0 Å². The molecule has 0 aromatic rings. The molecule has 0 aliphatic carbocycles. The fourth-order valence-electron chi connectivity index (χ4n) is 2.01. The highest BCUT2D eigenvalue weighted by molar-refractivity contribution is 5.84. The molecule has 16 heavy (non-hydrogen) atoms. The lowest BCUT2D eigenvalue weighted by Crippen LogP contribution is -2.49. The Morgan fingerprint density at radius 3 is 3.06 bits per heavy atom. The van der Waals surface area contributed by atoms with Gasteiger partial charge >= 0.3 is 0 Å².